The van der Waals surface area contributed by atoms with Crippen LogP contribution in [0.5, 0.6) is 5.75 Å². The second-order valence-corrected chi connectivity index (χ2v) is 7.68. The number of piperazine rings is 1. The highest BCUT2D eigenvalue weighted by atomic mass is 16.5. The Morgan fingerprint density at radius 2 is 2.00 bits per heavy atom. The van der Waals surface area contributed by atoms with Gasteiger partial charge in [0.2, 0.25) is 0 Å². The maximum absolute atomic E-state index is 12.5. The van der Waals surface area contributed by atoms with E-state index >= 15 is 0 Å². The molecule has 2 atom stereocenters. The minimum absolute atomic E-state index is 0.0845. The first-order chi connectivity index (χ1) is 14.2. The Hall–Kier alpha value is -3.06. The molecule has 3 aliphatic rings. The topological polar surface area (TPSA) is 69.2 Å². The molecule has 0 radical (unpaired) electrons. The number of amidine groups is 1. The van der Waals surface area contributed by atoms with Crippen LogP contribution in [0.15, 0.2) is 53.5 Å². The van der Waals surface area contributed by atoms with E-state index < -0.39 is 0 Å². The van der Waals surface area contributed by atoms with E-state index in [1.165, 1.54) is 5.69 Å². The summed E-state index contributed by atoms with van der Waals surface area (Å²) in [5, 5.41) is 6.48. The summed E-state index contributed by atoms with van der Waals surface area (Å²) < 4.78 is 5.29. The second-order valence-electron chi connectivity index (χ2n) is 7.68. The van der Waals surface area contributed by atoms with Crippen molar-refractivity contribution in [1.82, 2.24) is 10.2 Å². The zero-order valence-electron chi connectivity index (χ0n) is 16.5. The van der Waals surface area contributed by atoms with Crippen LogP contribution in [-0.2, 0) is 0 Å². The van der Waals surface area contributed by atoms with Gasteiger partial charge >= 0.3 is 6.03 Å². The Kier molecular flexibility index (Phi) is 4.60. The number of nitrogens with one attached hydrogen (secondary N) is 2. The first-order valence-corrected chi connectivity index (χ1v) is 10.1. The number of hydrogen-bond donors (Lipinski definition) is 2. The lowest BCUT2D eigenvalue weighted by atomic mass is 10.0. The van der Waals surface area contributed by atoms with Gasteiger partial charge in [0, 0.05) is 36.9 Å². The normalized spacial score (nSPS) is 23.2. The first-order valence-electron chi connectivity index (χ1n) is 10.1. The number of carbonyl (C=O) groups is 1. The quantitative estimate of drug-likeness (QED) is 0.841. The van der Waals surface area contributed by atoms with Gasteiger partial charge < -0.3 is 20.3 Å². The number of amides is 2. The largest absolute Gasteiger partial charge is 0.497 e. The van der Waals surface area contributed by atoms with Gasteiger partial charge in [-0.2, -0.15) is 0 Å². The van der Waals surface area contributed by atoms with Crippen molar-refractivity contribution in [2.75, 3.05) is 43.5 Å². The maximum Gasteiger partial charge on any atom is 0.327 e. The number of urea groups is 1. The summed E-state index contributed by atoms with van der Waals surface area (Å²) in [5.74, 6) is 1.67. The van der Waals surface area contributed by atoms with Gasteiger partial charge in [0.25, 0.3) is 0 Å². The summed E-state index contributed by atoms with van der Waals surface area (Å²) in [6.07, 6.45) is 0.897. The van der Waals surface area contributed by atoms with Crippen molar-refractivity contribution < 1.29 is 9.53 Å². The summed E-state index contributed by atoms with van der Waals surface area (Å²) in [4.78, 5) is 21.7. The van der Waals surface area contributed by atoms with Crippen LogP contribution in [0, 0.1) is 0 Å². The first kappa shape index (κ1) is 18.0. The highest BCUT2D eigenvalue weighted by molar-refractivity contribution is 6.19. The van der Waals surface area contributed by atoms with Gasteiger partial charge in [0.15, 0.2) is 0 Å². The fraction of sp³-hybridized carbons (Fsp3) is 0.364. The van der Waals surface area contributed by atoms with E-state index in [0.29, 0.717) is 12.6 Å². The third-order valence-corrected chi connectivity index (χ3v) is 5.91. The highest BCUT2D eigenvalue weighted by Crippen LogP contribution is 2.30. The molecule has 0 saturated carbocycles. The Morgan fingerprint density at radius 1 is 1.17 bits per heavy atom. The van der Waals surface area contributed by atoms with Gasteiger partial charge in [-0.05, 0) is 42.8 Å². The number of fused-ring (bicyclic) bond motifs is 3. The number of carbonyl (C=O) groups excluding carboxylic acids is 1. The fourth-order valence-corrected chi connectivity index (χ4v) is 4.47. The molecule has 3 aliphatic heterocycles. The van der Waals surface area contributed by atoms with Crippen molar-refractivity contribution in [2.45, 2.75) is 18.5 Å². The molecule has 7 nitrogen and oxygen atoms in total. The number of benzene rings is 2. The number of aliphatic imine (C=N–C) groups is 1. The Balaban J connectivity index is 1.36. The molecule has 1 saturated heterocycles. The van der Waals surface area contributed by atoms with Crippen LogP contribution in [0.3, 0.4) is 0 Å². The molecular formula is C22H25N5O2. The molecular weight excluding hydrogens is 366 g/mol. The SMILES string of the molecule is COc1ccc(N2CCNCC2CC2CN3C(=O)Nc4ccccc4C3=N2)cc1. The minimum Gasteiger partial charge on any atom is -0.497 e. The van der Waals surface area contributed by atoms with Crippen molar-refractivity contribution in [3.63, 3.8) is 0 Å². The monoisotopic (exact) mass is 391 g/mol. The van der Waals surface area contributed by atoms with Gasteiger partial charge in [-0.25, -0.2) is 4.79 Å². The Bertz CT molecular complexity index is 942. The second kappa shape index (κ2) is 7.40. The van der Waals surface area contributed by atoms with Crippen molar-refractivity contribution >= 4 is 23.2 Å². The molecule has 3 heterocycles. The standard InChI is InChI=1S/C22H25N5O2/c1-29-18-8-6-16(7-9-18)26-11-10-23-13-17(26)12-15-14-27-21(24-15)19-4-2-3-5-20(19)25-22(27)28/h2-9,15,17,23H,10-14H2,1H3,(H,25,28). The summed E-state index contributed by atoms with van der Waals surface area (Å²) in [5.41, 5.74) is 3.04. The Labute approximate surface area is 170 Å². The van der Waals surface area contributed by atoms with Crippen molar-refractivity contribution in [3.8, 4) is 5.75 Å². The van der Waals surface area contributed by atoms with E-state index in [9.17, 15) is 4.79 Å². The summed E-state index contributed by atoms with van der Waals surface area (Å²) in [6, 6.07) is 16.4. The lowest BCUT2D eigenvalue weighted by Crippen LogP contribution is -2.53. The van der Waals surface area contributed by atoms with Gasteiger partial charge in [-0.15, -0.1) is 0 Å². The summed E-state index contributed by atoms with van der Waals surface area (Å²) in [6.45, 7) is 3.45. The highest BCUT2D eigenvalue weighted by Gasteiger charge is 2.37. The molecule has 2 aromatic carbocycles. The molecule has 0 aromatic heterocycles. The zero-order chi connectivity index (χ0) is 19.8. The van der Waals surface area contributed by atoms with Crippen LogP contribution in [0.2, 0.25) is 0 Å². The molecule has 0 bridgehead atoms. The molecule has 1 fully saturated rings. The average molecular weight is 391 g/mol. The van der Waals surface area contributed by atoms with Gasteiger partial charge in [-0.3, -0.25) is 9.89 Å². The number of ether oxygens (including phenoxy) is 1. The predicted octanol–water partition coefficient (Wildman–Crippen LogP) is 2.54. The molecule has 2 amide bonds. The smallest absolute Gasteiger partial charge is 0.327 e. The van der Waals surface area contributed by atoms with E-state index in [0.717, 1.165) is 48.9 Å². The third-order valence-electron chi connectivity index (χ3n) is 5.91. The van der Waals surface area contributed by atoms with Crippen molar-refractivity contribution in [2.24, 2.45) is 4.99 Å². The van der Waals surface area contributed by atoms with E-state index in [-0.39, 0.29) is 12.1 Å². The molecule has 2 aromatic rings. The minimum atomic E-state index is -0.0845. The number of rotatable bonds is 4. The Morgan fingerprint density at radius 3 is 2.83 bits per heavy atom. The number of methoxy groups -OCH3 is 1. The van der Waals surface area contributed by atoms with Crippen LogP contribution in [-0.4, -0.2) is 62.1 Å². The van der Waals surface area contributed by atoms with Crippen LogP contribution >= 0.6 is 0 Å². The molecule has 150 valence electrons. The molecule has 29 heavy (non-hydrogen) atoms. The van der Waals surface area contributed by atoms with Crippen LogP contribution in [0.4, 0.5) is 16.2 Å². The van der Waals surface area contributed by atoms with Crippen molar-refractivity contribution in [1.29, 1.82) is 0 Å². The van der Waals surface area contributed by atoms with Gasteiger partial charge in [0.1, 0.15) is 11.6 Å². The van der Waals surface area contributed by atoms with Crippen LogP contribution in [0.25, 0.3) is 0 Å². The lowest BCUT2D eigenvalue weighted by Gasteiger charge is -2.39. The maximum atomic E-state index is 12.5. The van der Waals surface area contributed by atoms with E-state index in [2.05, 4.69) is 27.7 Å². The van der Waals surface area contributed by atoms with Crippen LogP contribution in [0.1, 0.15) is 12.0 Å². The molecule has 2 unspecified atom stereocenters. The number of para-hydroxylation sites is 1. The summed E-state index contributed by atoms with van der Waals surface area (Å²) in [7, 11) is 1.69. The number of anilines is 2. The fourth-order valence-electron chi connectivity index (χ4n) is 4.47. The number of nitrogens with zero attached hydrogens (tertiary/aromatic N) is 3. The van der Waals surface area contributed by atoms with E-state index in [1.807, 2.05) is 36.4 Å². The van der Waals surface area contributed by atoms with Gasteiger partial charge in [-0.1, -0.05) is 12.1 Å². The third kappa shape index (κ3) is 3.31. The zero-order valence-corrected chi connectivity index (χ0v) is 16.5. The molecule has 0 spiro atoms. The lowest BCUT2D eigenvalue weighted by molar-refractivity contribution is 0.233. The number of hydrogen-bond acceptors (Lipinski definition) is 5. The molecule has 2 N–H and O–H groups in total. The summed E-state index contributed by atoms with van der Waals surface area (Å²) >= 11 is 0. The molecule has 5 rings (SSSR count). The van der Waals surface area contributed by atoms with E-state index in [1.54, 1.807) is 12.0 Å². The molecule has 7 heteroatoms. The predicted molar refractivity (Wildman–Crippen MR) is 114 cm³/mol. The van der Waals surface area contributed by atoms with Crippen LogP contribution < -0.4 is 20.3 Å². The van der Waals surface area contributed by atoms with Gasteiger partial charge in [0.05, 0.1) is 25.4 Å². The average Bonchev–Trinajstić information content (AvgIpc) is 3.19. The molecule has 0 aliphatic carbocycles. The van der Waals surface area contributed by atoms with E-state index in [4.69, 9.17) is 9.73 Å². The van der Waals surface area contributed by atoms with Crippen molar-refractivity contribution in [3.05, 3.63) is 54.1 Å².